The van der Waals surface area contributed by atoms with Gasteiger partial charge >= 0.3 is 0 Å². The predicted molar refractivity (Wildman–Crippen MR) is 57.0 cm³/mol. The highest BCUT2D eigenvalue weighted by atomic mass is 32.1. The summed E-state index contributed by atoms with van der Waals surface area (Å²) >= 11 is 4.63. The normalized spacial score (nSPS) is 8.79. The molecular weight excluding hydrogens is 198 g/mol. The smallest absolute Gasteiger partial charge is 0.168 e. The molecule has 70 valence electrons. The summed E-state index contributed by atoms with van der Waals surface area (Å²) in [6.07, 6.45) is 0.672. The van der Waals surface area contributed by atoms with Crippen LogP contribution in [0.5, 0.6) is 0 Å². The van der Waals surface area contributed by atoms with Crippen molar-refractivity contribution in [3.8, 4) is 6.07 Å². The van der Waals surface area contributed by atoms with Gasteiger partial charge in [-0.1, -0.05) is 0 Å². The second kappa shape index (κ2) is 4.35. The quantitative estimate of drug-likeness (QED) is 0.556. The van der Waals surface area contributed by atoms with Crippen LogP contribution in [0.4, 0.5) is 5.69 Å². The number of anilines is 1. The molecule has 14 heavy (non-hydrogen) atoms. The maximum atomic E-state index is 10.4. The summed E-state index contributed by atoms with van der Waals surface area (Å²) < 4.78 is 0. The Morgan fingerprint density at radius 1 is 1.64 bits per heavy atom. The van der Waals surface area contributed by atoms with Crippen LogP contribution < -0.4 is 11.1 Å². The second-order valence-electron chi connectivity index (χ2n) is 2.52. The average Bonchev–Trinajstić information content (AvgIpc) is 2.17. The van der Waals surface area contributed by atoms with E-state index in [0.29, 0.717) is 23.1 Å². The van der Waals surface area contributed by atoms with E-state index >= 15 is 0 Å². The fraction of sp³-hybridized carbons (Fsp3) is 0. The van der Waals surface area contributed by atoms with E-state index in [4.69, 9.17) is 11.0 Å². The minimum absolute atomic E-state index is 0.0837. The first kappa shape index (κ1) is 10.2. The van der Waals surface area contributed by atoms with E-state index in [1.54, 1.807) is 12.1 Å². The molecule has 1 aromatic rings. The van der Waals surface area contributed by atoms with Crippen molar-refractivity contribution >= 4 is 29.3 Å². The molecule has 0 bridgehead atoms. The lowest BCUT2D eigenvalue weighted by Crippen LogP contribution is -2.19. The highest BCUT2D eigenvalue weighted by molar-refractivity contribution is 7.80. The molecule has 0 saturated carbocycles. The van der Waals surface area contributed by atoms with Gasteiger partial charge in [0.25, 0.3) is 0 Å². The zero-order valence-corrected chi connectivity index (χ0v) is 7.97. The van der Waals surface area contributed by atoms with E-state index in [1.165, 1.54) is 6.07 Å². The van der Waals surface area contributed by atoms with Crippen LogP contribution in [0.25, 0.3) is 0 Å². The molecule has 0 spiro atoms. The van der Waals surface area contributed by atoms with Crippen LogP contribution in [0.15, 0.2) is 18.2 Å². The first-order chi connectivity index (χ1) is 6.67. The fourth-order valence-electron chi connectivity index (χ4n) is 0.969. The fourth-order valence-corrected chi connectivity index (χ4v) is 1.08. The molecule has 3 N–H and O–H groups in total. The van der Waals surface area contributed by atoms with Gasteiger partial charge < -0.3 is 11.1 Å². The molecule has 0 aliphatic carbocycles. The van der Waals surface area contributed by atoms with Crippen molar-refractivity contribution < 1.29 is 4.79 Å². The van der Waals surface area contributed by atoms with Gasteiger partial charge in [0.2, 0.25) is 0 Å². The van der Waals surface area contributed by atoms with Gasteiger partial charge in [-0.2, -0.15) is 5.26 Å². The van der Waals surface area contributed by atoms with Crippen LogP contribution >= 0.6 is 12.2 Å². The van der Waals surface area contributed by atoms with Gasteiger partial charge in [-0.25, -0.2) is 0 Å². The molecule has 0 saturated heterocycles. The Bertz CT molecular complexity index is 423. The van der Waals surface area contributed by atoms with Gasteiger partial charge in [-0.05, 0) is 30.4 Å². The number of benzene rings is 1. The molecule has 0 fully saturated rings. The SMILES string of the molecule is N#Cc1cc(C=O)ccc1NC(N)=S. The number of nitrogens with one attached hydrogen (secondary N) is 1. The van der Waals surface area contributed by atoms with E-state index < -0.39 is 0 Å². The van der Waals surface area contributed by atoms with Crippen molar-refractivity contribution in [2.75, 3.05) is 5.32 Å². The third-order valence-electron chi connectivity index (χ3n) is 1.56. The molecule has 0 amide bonds. The number of hydrogen-bond acceptors (Lipinski definition) is 3. The number of thiocarbonyl (C=S) groups is 1. The van der Waals surface area contributed by atoms with Crippen molar-refractivity contribution in [3.63, 3.8) is 0 Å². The largest absolute Gasteiger partial charge is 0.376 e. The average molecular weight is 205 g/mol. The number of carbonyl (C=O) groups excluding carboxylic acids is 1. The Balaban J connectivity index is 3.13. The number of hydrogen-bond donors (Lipinski definition) is 2. The van der Waals surface area contributed by atoms with E-state index in [0.717, 1.165) is 0 Å². The zero-order chi connectivity index (χ0) is 10.6. The van der Waals surface area contributed by atoms with Gasteiger partial charge in [0.1, 0.15) is 12.4 Å². The lowest BCUT2D eigenvalue weighted by atomic mass is 10.1. The first-order valence-corrected chi connectivity index (χ1v) is 4.14. The number of carbonyl (C=O) groups is 1. The van der Waals surface area contributed by atoms with Gasteiger partial charge in [-0.3, -0.25) is 4.79 Å². The Labute approximate surface area is 86.3 Å². The van der Waals surface area contributed by atoms with E-state index in [-0.39, 0.29) is 5.11 Å². The van der Waals surface area contributed by atoms with Crippen molar-refractivity contribution in [2.45, 2.75) is 0 Å². The molecule has 1 aromatic carbocycles. The molecule has 0 heterocycles. The zero-order valence-electron chi connectivity index (χ0n) is 7.15. The van der Waals surface area contributed by atoms with Crippen LogP contribution in [0.1, 0.15) is 15.9 Å². The van der Waals surface area contributed by atoms with Gasteiger partial charge in [0, 0.05) is 5.56 Å². The Hall–Kier alpha value is -1.93. The minimum atomic E-state index is 0.0837. The van der Waals surface area contributed by atoms with Crippen molar-refractivity contribution in [3.05, 3.63) is 29.3 Å². The summed E-state index contributed by atoms with van der Waals surface area (Å²) in [6.45, 7) is 0. The molecule has 0 atom stereocenters. The first-order valence-electron chi connectivity index (χ1n) is 3.73. The summed E-state index contributed by atoms with van der Waals surface area (Å²) in [7, 11) is 0. The molecule has 0 radical (unpaired) electrons. The highest BCUT2D eigenvalue weighted by Crippen LogP contribution is 2.15. The summed E-state index contributed by atoms with van der Waals surface area (Å²) in [5.74, 6) is 0. The number of rotatable bonds is 2. The van der Waals surface area contributed by atoms with Gasteiger partial charge in [0.05, 0.1) is 11.3 Å². The Kier molecular flexibility index (Phi) is 3.15. The van der Waals surface area contributed by atoms with Crippen molar-refractivity contribution in [1.82, 2.24) is 0 Å². The standard InChI is InChI=1S/C9H7N3OS/c10-4-7-3-6(5-13)1-2-8(7)12-9(11)14/h1-3,5H,(H3,11,12,14). The van der Waals surface area contributed by atoms with E-state index in [9.17, 15) is 4.79 Å². The van der Waals surface area contributed by atoms with E-state index in [1.807, 2.05) is 6.07 Å². The molecule has 0 unspecified atom stereocenters. The number of nitrogens with two attached hydrogens (primary N) is 1. The molecule has 0 aliphatic heterocycles. The number of nitrogens with zero attached hydrogens (tertiary/aromatic N) is 1. The third kappa shape index (κ3) is 2.28. The monoisotopic (exact) mass is 205 g/mol. The summed E-state index contributed by atoms with van der Waals surface area (Å²) in [6, 6.07) is 6.57. The molecule has 0 aliphatic rings. The molecule has 4 nitrogen and oxygen atoms in total. The summed E-state index contributed by atoms with van der Waals surface area (Å²) in [5, 5.41) is 11.5. The van der Waals surface area contributed by atoms with Crippen LogP contribution in [-0.4, -0.2) is 11.4 Å². The summed E-state index contributed by atoms with van der Waals surface area (Å²) in [5.41, 5.74) is 6.54. The second-order valence-corrected chi connectivity index (χ2v) is 2.96. The maximum absolute atomic E-state index is 10.4. The van der Waals surface area contributed by atoms with Crippen molar-refractivity contribution in [1.29, 1.82) is 5.26 Å². The lowest BCUT2D eigenvalue weighted by Gasteiger charge is -2.05. The number of aldehydes is 1. The predicted octanol–water partition coefficient (Wildman–Crippen LogP) is 1.03. The Morgan fingerprint density at radius 2 is 2.36 bits per heavy atom. The highest BCUT2D eigenvalue weighted by Gasteiger charge is 2.03. The molecule has 0 aromatic heterocycles. The maximum Gasteiger partial charge on any atom is 0.168 e. The molecule has 1 rings (SSSR count). The topological polar surface area (TPSA) is 78.9 Å². The van der Waals surface area contributed by atoms with Crippen LogP contribution in [-0.2, 0) is 0 Å². The van der Waals surface area contributed by atoms with Crippen molar-refractivity contribution in [2.24, 2.45) is 5.73 Å². The van der Waals surface area contributed by atoms with E-state index in [2.05, 4.69) is 17.5 Å². The van der Waals surface area contributed by atoms with Gasteiger partial charge in [-0.15, -0.1) is 0 Å². The van der Waals surface area contributed by atoms with Crippen LogP contribution in [0, 0.1) is 11.3 Å². The van der Waals surface area contributed by atoms with Gasteiger partial charge in [0.15, 0.2) is 5.11 Å². The Morgan fingerprint density at radius 3 is 2.86 bits per heavy atom. The minimum Gasteiger partial charge on any atom is -0.376 e. The third-order valence-corrected chi connectivity index (χ3v) is 1.66. The molecular formula is C9H7N3OS. The number of nitriles is 1. The lowest BCUT2D eigenvalue weighted by molar-refractivity contribution is 0.112. The summed E-state index contributed by atoms with van der Waals surface area (Å²) in [4.78, 5) is 10.4. The van der Waals surface area contributed by atoms with Crippen LogP contribution in [0.2, 0.25) is 0 Å². The molecule has 5 heteroatoms. The van der Waals surface area contributed by atoms with Crippen LogP contribution in [0.3, 0.4) is 0 Å².